The van der Waals surface area contributed by atoms with E-state index in [0.717, 1.165) is 6.54 Å². The van der Waals surface area contributed by atoms with Crippen molar-refractivity contribution >= 4 is 0 Å². The van der Waals surface area contributed by atoms with Crippen molar-refractivity contribution in [2.45, 2.75) is 45.2 Å². The van der Waals surface area contributed by atoms with Gasteiger partial charge in [-0.05, 0) is 52.9 Å². The van der Waals surface area contributed by atoms with Crippen molar-refractivity contribution < 1.29 is 0 Å². The summed E-state index contributed by atoms with van der Waals surface area (Å²) in [5.74, 6) is 0.599. The zero-order chi connectivity index (χ0) is 12.3. The number of nitrogens with zero attached hydrogens (tertiary/aromatic N) is 2. The van der Waals surface area contributed by atoms with Crippen molar-refractivity contribution in [3.05, 3.63) is 0 Å². The number of nitrogens with two attached hydrogens (primary N) is 1. The van der Waals surface area contributed by atoms with Gasteiger partial charge in [-0.15, -0.1) is 0 Å². The number of hydrogen-bond donors (Lipinski definition) is 1. The highest BCUT2D eigenvalue weighted by atomic mass is 15.2. The summed E-state index contributed by atoms with van der Waals surface area (Å²) in [6, 6.07) is 0.701. The van der Waals surface area contributed by atoms with Crippen LogP contribution in [0.2, 0.25) is 0 Å². The molecule has 1 aliphatic rings. The smallest absolute Gasteiger partial charge is 0.0326 e. The number of rotatable bonds is 4. The lowest BCUT2D eigenvalue weighted by molar-refractivity contribution is 0.0254. The molecule has 1 atom stereocenters. The molecule has 3 heteroatoms. The van der Waals surface area contributed by atoms with Gasteiger partial charge in [-0.2, -0.15) is 0 Å². The summed E-state index contributed by atoms with van der Waals surface area (Å²) in [4.78, 5) is 4.95. The minimum absolute atomic E-state index is 0.139. The van der Waals surface area contributed by atoms with Crippen molar-refractivity contribution in [1.29, 1.82) is 0 Å². The first-order valence-electron chi connectivity index (χ1n) is 6.53. The number of likely N-dealkylation sites (tertiary alicyclic amines) is 1. The predicted molar refractivity (Wildman–Crippen MR) is 70.6 cm³/mol. The summed E-state index contributed by atoms with van der Waals surface area (Å²) in [5.41, 5.74) is 6.13. The fourth-order valence-electron chi connectivity index (χ4n) is 2.59. The molecule has 1 aliphatic heterocycles. The average Bonchev–Trinajstić information content (AvgIpc) is 2.27. The second kappa shape index (κ2) is 5.48. The summed E-state index contributed by atoms with van der Waals surface area (Å²) < 4.78 is 0. The molecule has 1 rings (SSSR count). The summed E-state index contributed by atoms with van der Waals surface area (Å²) in [7, 11) is 4.46. The van der Waals surface area contributed by atoms with Crippen LogP contribution in [0.3, 0.4) is 0 Å². The highest BCUT2D eigenvalue weighted by Gasteiger charge is 2.36. The van der Waals surface area contributed by atoms with Crippen LogP contribution in [0.4, 0.5) is 0 Å². The SMILES string of the molecule is CC(C)C(C)(CN)N(C)C1CCN(C)CC1. The molecule has 0 bridgehead atoms. The van der Waals surface area contributed by atoms with Gasteiger partial charge < -0.3 is 10.6 Å². The monoisotopic (exact) mass is 227 g/mol. The molecular weight excluding hydrogens is 198 g/mol. The molecule has 0 saturated carbocycles. The largest absolute Gasteiger partial charge is 0.329 e. The van der Waals surface area contributed by atoms with Crippen molar-refractivity contribution in [3.8, 4) is 0 Å². The van der Waals surface area contributed by atoms with Crippen LogP contribution in [0.5, 0.6) is 0 Å². The molecule has 0 aromatic rings. The molecule has 0 aromatic carbocycles. The predicted octanol–water partition coefficient (Wildman–Crippen LogP) is 1.39. The molecular formula is C13H29N3. The van der Waals surface area contributed by atoms with Crippen molar-refractivity contribution in [1.82, 2.24) is 9.80 Å². The van der Waals surface area contributed by atoms with Gasteiger partial charge in [0.25, 0.3) is 0 Å². The van der Waals surface area contributed by atoms with E-state index in [-0.39, 0.29) is 5.54 Å². The second-order valence-corrected chi connectivity index (χ2v) is 5.86. The Bertz CT molecular complexity index is 209. The van der Waals surface area contributed by atoms with Gasteiger partial charge >= 0.3 is 0 Å². The van der Waals surface area contributed by atoms with Crippen LogP contribution in [0.1, 0.15) is 33.6 Å². The van der Waals surface area contributed by atoms with Gasteiger partial charge in [0.1, 0.15) is 0 Å². The Morgan fingerprint density at radius 2 is 1.88 bits per heavy atom. The quantitative estimate of drug-likeness (QED) is 0.788. The molecule has 1 fully saturated rings. The first-order chi connectivity index (χ1) is 7.41. The molecule has 0 amide bonds. The Labute approximate surface area is 101 Å². The maximum absolute atomic E-state index is 5.99. The molecule has 3 nitrogen and oxygen atoms in total. The Morgan fingerprint density at radius 1 is 1.38 bits per heavy atom. The van der Waals surface area contributed by atoms with E-state index in [1.807, 2.05) is 0 Å². The molecule has 1 unspecified atom stereocenters. The molecule has 0 aromatic heterocycles. The molecule has 2 N–H and O–H groups in total. The van der Waals surface area contributed by atoms with E-state index in [4.69, 9.17) is 5.73 Å². The van der Waals surface area contributed by atoms with E-state index in [2.05, 4.69) is 44.7 Å². The molecule has 0 radical (unpaired) electrons. The van der Waals surface area contributed by atoms with Crippen LogP contribution < -0.4 is 5.73 Å². The van der Waals surface area contributed by atoms with Gasteiger partial charge in [0.15, 0.2) is 0 Å². The standard InChI is InChI=1S/C13H29N3/c1-11(2)13(3,10-14)16(5)12-6-8-15(4)9-7-12/h11-12H,6-10,14H2,1-5H3. The van der Waals surface area contributed by atoms with E-state index in [1.54, 1.807) is 0 Å². The third-order valence-corrected chi connectivity index (χ3v) is 4.70. The van der Waals surface area contributed by atoms with E-state index >= 15 is 0 Å². The van der Waals surface area contributed by atoms with Crippen LogP contribution >= 0.6 is 0 Å². The Kier molecular flexibility index (Phi) is 4.77. The van der Waals surface area contributed by atoms with Crippen molar-refractivity contribution in [3.63, 3.8) is 0 Å². The lowest BCUT2D eigenvalue weighted by atomic mass is 9.84. The van der Waals surface area contributed by atoms with Crippen LogP contribution in [-0.4, -0.2) is 55.1 Å². The third-order valence-electron chi connectivity index (χ3n) is 4.70. The molecule has 96 valence electrons. The highest BCUT2D eigenvalue weighted by Crippen LogP contribution is 2.27. The Morgan fingerprint density at radius 3 is 2.25 bits per heavy atom. The maximum atomic E-state index is 5.99. The van der Waals surface area contributed by atoms with Gasteiger partial charge in [-0.3, -0.25) is 4.90 Å². The Hall–Kier alpha value is -0.120. The zero-order valence-electron chi connectivity index (χ0n) is 11.7. The van der Waals surface area contributed by atoms with E-state index in [0.29, 0.717) is 12.0 Å². The lowest BCUT2D eigenvalue weighted by Crippen LogP contribution is -2.58. The van der Waals surface area contributed by atoms with Gasteiger partial charge in [-0.25, -0.2) is 0 Å². The molecule has 1 heterocycles. The van der Waals surface area contributed by atoms with Crippen molar-refractivity contribution in [2.75, 3.05) is 33.7 Å². The van der Waals surface area contributed by atoms with Crippen LogP contribution in [0.15, 0.2) is 0 Å². The van der Waals surface area contributed by atoms with Crippen molar-refractivity contribution in [2.24, 2.45) is 11.7 Å². The van der Waals surface area contributed by atoms with Gasteiger partial charge in [0, 0.05) is 18.1 Å². The second-order valence-electron chi connectivity index (χ2n) is 5.86. The maximum Gasteiger partial charge on any atom is 0.0326 e. The first-order valence-corrected chi connectivity index (χ1v) is 6.53. The van der Waals surface area contributed by atoms with Crippen LogP contribution in [-0.2, 0) is 0 Å². The minimum Gasteiger partial charge on any atom is -0.329 e. The third kappa shape index (κ3) is 2.76. The summed E-state index contributed by atoms with van der Waals surface area (Å²) >= 11 is 0. The first kappa shape index (κ1) is 13.9. The van der Waals surface area contributed by atoms with Crippen LogP contribution in [0.25, 0.3) is 0 Å². The van der Waals surface area contributed by atoms with E-state index < -0.39 is 0 Å². The molecule has 16 heavy (non-hydrogen) atoms. The number of hydrogen-bond acceptors (Lipinski definition) is 3. The average molecular weight is 227 g/mol. The minimum atomic E-state index is 0.139. The van der Waals surface area contributed by atoms with Gasteiger partial charge in [0.2, 0.25) is 0 Å². The fraction of sp³-hybridized carbons (Fsp3) is 1.00. The molecule has 0 spiro atoms. The molecule has 0 aliphatic carbocycles. The molecule has 1 saturated heterocycles. The Balaban J connectivity index is 2.65. The highest BCUT2D eigenvalue weighted by molar-refractivity contribution is 4.93. The summed E-state index contributed by atoms with van der Waals surface area (Å²) in [6.07, 6.45) is 2.55. The van der Waals surface area contributed by atoms with E-state index in [1.165, 1.54) is 25.9 Å². The van der Waals surface area contributed by atoms with Crippen LogP contribution in [0, 0.1) is 5.92 Å². The summed E-state index contributed by atoms with van der Waals surface area (Å²) in [6.45, 7) is 10.0. The van der Waals surface area contributed by atoms with Gasteiger partial charge in [-0.1, -0.05) is 13.8 Å². The fourth-order valence-corrected chi connectivity index (χ4v) is 2.59. The number of piperidine rings is 1. The van der Waals surface area contributed by atoms with Gasteiger partial charge in [0.05, 0.1) is 0 Å². The normalized spacial score (nSPS) is 24.0. The van der Waals surface area contributed by atoms with E-state index in [9.17, 15) is 0 Å². The number of likely N-dealkylation sites (N-methyl/N-ethyl adjacent to an activating group) is 1. The lowest BCUT2D eigenvalue weighted by Gasteiger charge is -2.47. The topological polar surface area (TPSA) is 32.5 Å². The zero-order valence-corrected chi connectivity index (χ0v) is 11.7. The summed E-state index contributed by atoms with van der Waals surface area (Å²) in [5, 5.41) is 0.